The highest BCUT2D eigenvalue weighted by Crippen LogP contribution is 2.26. The summed E-state index contributed by atoms with van der Waals surface area (Å²) in [5.74, 6) is -1.03. The summed E-state index contributed by atoms with van der Waals surface area (Å²) in [7, 11) is 0. The van der Waals surface area contributed by atoms with Crippen molar-refractivity contribution < 1.29 is 23.9 Å². The number of aliphatic carboxylic acids is 1. The quantitative estimate of drug-likeness (QED) is 0.672. The molecule has 7 heteroatoms. The number of nitrogens with one attached hydrogen (secondary N) is 2. The highest BCUT2D eigenvalue weighted by atomic mass is 16.4. The van der Waals surface area contributed by atoms with Crippen molar-refractivity contribution >= 4 is 23.5 Å². The van der Waals surface area contributed by atoms with Crippen LogP contribution in [0.2, 0.25) is 0 Å². The Morgan fingerprint density at radius 2 is 1.81 bits per heavy atom. The maximum atomic E-state index is 12.4. The summed E-state index contributed by atoms with van der Waals surface area (Å²) in [5, 5.41) is 14.3. The van der Waals surface area contributed by atoms with Crippen LogP contribution >= 0.6 is 0 Å². The molecule has 0 spiro atoms. The Balaban J connectivity index is 2.02. The van der Waals surface area contributed by atoms with E-state index in [4.69, 9.17) is 9.52 Å². The minimum atomic E-state index is -0.958. The fraction of sp³-hybridized carbons (Fsp3) is 0.316. The summed E-state index contributed by atoms with van der Waals surface area (Å²) in [6.45, 7) is 3.66. The Morgan fingerprint density at radius 1 is 1.08 bits per heavy atom. The lowest BCUT2D eigenvalue weighted by Gasteiger charge is -2.21. The molecule has 3 N–H and O–H groups in total. The van der Waals surface area contributed by atoms with Gasteiger partial charge in [-0.25, -0.2) is 0 Å². The number of carbonyl (C=O) groups is 3. The van der Waals surface area contributed by atoms with Gasteiger partial charge in [-0.15, -0.1) is 0 Å². The zero-order chi connectivity index (χ0) is 19.2. The molecule has 0 saturated heterocycles. The van der Waals surface area contributed by atoms with Crippen molar-refractivity contribution in [3.8, 4) is 0 Å². The average molecular weight is 358 g/mol. The van der Waals surface area contributed by atoms with E-state index in [0.29, 0.717) is 17.0 Å². The second kappa shape index (κ2) is 8.33. The van der Waals surface area contributed by atoms with Gasteiger partial charge in [-0.2, -0.15) is 0 Å². The molecule has 0 aliphatic heterocycles. The fourth-order valence-electron chi connectivity index (χ4n) is 2.57. The summed E-state index contributed by atoms with van der Waals surface area (Å²) in [4.78, 5) is 35.5. The average Bonchev–Trinajstić information content (AvgIpc) is 3.04. The molecule has 0 aliphatic carbocycles. The van der Waals surface area contributed by atoms with Crippen LogP contribution in [-0.4, -0.2) is 22.9 Å². The molecule has 0 bridgehead atoms. The summed E-state index contributed by atoms with van der Waals surface area (Å²) in [5.41, 5.74) is 0.0101. The lowest BCUT2D eigenvalue weighted by molar-refractivity contribution is -0.139. The molecular formula is C19H22N2O5. The van der Waals surface area contributed by atoms with Crippen LogP contribution in [0.25, 0.3) is 0 Å². The zero-order valence-electron chi connectivity index (χ0n) is 14.7. The summed E-state index contributed by atoms with van der Waals surface area (Å²) in [6, 6.07) is 10.1. The van der Waals surface area contributed by atoms with Gasteiger partial charge in [0.1, 0.15) is 5.76 Å². The molecule has 0 unspecified atom stereocenters. The predicted molar refractivity (Wildman–Crippen MR) is 95.6 cm³/mol. The van der Waals surface area contributed by atoms with E-state index in [9.17, 15) is 14.4 Å². The molecule has 138 valence electrons. The van der Waals surface area contributed by atoms with Gasteiger partial charge in [0.05, 0.1) is 30.5 Å². The molecule has 0 radical (unpaired) electrons. The third-order valence-electron chi connectivity index (χ3n) is 3.72. The molecule has 1 heterocycles. The van der Waals surface area contributed by atoms with Crippen molar-refractivity contribution in [1.82, 2.24) is 5.32 Å². The van der Waals surface area contributed by atoms with Crippen LogP contribution in [0.1, 0.15) is 42.8 Å². The maximum absolute atomic E-state index is 12.4. The van der Waals surface area contributed by atoms with Gasteiger partial charge >= 0.3 is 5.97 Å². The molecule has 0 aliphatic rings. The van der Waals surface area contributed by atoms with Crippen LogP contribution in [0, 0.1) is 5.41 Å². The number of para-hydroxylation sites is 1. The number of anilines is 1. The van der Waals surface area contributed by atoms with E-state index in [1.807, 2.05) is 0 Å². The van der Waals surface area contributed by atoms with E-state index in [2.05, 4.69) is 10.6 Å². The lowest BCUT2D eigenvalue weighted by Crippen LogP contribution is -2.27. The third kappa shape index (κ3) is 5.77. The highest BCUT2D eigenvalue weighted by molar-refractivity contribution is 6.03. The molecular weight excluding hydrogens is 336 g/mol. The molecule has 2 amide bonds. The van der Waals surface area contributed by atoms with Gasteiger partial charge in [0.2, 0.25) is 5.91 Å². The number of carbonyl (C=O) groups excluding carboxylic acids is 2. The van der Waals surface area contributed by atoms with Gasteiger partial charge in [-0.05, 0) is 29.7 Å². The topological polar surface area (TPSA) is 109 Å². The van der Waals surface area contributed by atoms with Gasteiger partial charge in [0.25, 0.3) is 5.91 Å². The second-order valence-electron chi connectivity index (χ2n) is 6.77. The molecule has 0 fully saturated rings. The van der Waals surface area contributed by atoms with Crippen LogP contribution in [0.5, 0.6) is 0 Å². The van der Waals surface area contributed by atoms with Crippen LogP contribution in [0.15, 0.2) is 47.1 Å². The first-order chi connectivity index (χ1) is 12.3. The van der Waals surface area contributed by atoms with Gasteiger partial charge in [-0.3, -0.25) is 14.4 Å². The van der Waals surface area contributed by atoms with Crippen LogP contribution < -0.4 is 10.6 Å². The Bertz CT molecular complexity index is 781. The van der Waals surface area contributed by atoms with Gasteiger partial charge in [-0.1, -0.05) is 26.0 Å². The minimum Gasteiger partial charge on any atom is -0.481 e. The molecule has 2 rings (SSSR count). The minimum absolute atomic E-state index is 0.0294. The summed E-state index contributed by atoms with van der Waals surface area (Å²) >= 11 is 0. The summed E-state index contributed by atoms with van der Waals surface area (Å²) in [6.07, 6.45) is 1.43. The first-order valence-electron chi connectivity index (χ1n) is 8.18. The fourth-order valence-corrected chi connectivity index (χ4v) is 2.57. The highest BCUT2D eigenvalue weighted by Gasteiger charge is 2.25. The summed E-state index contributed by atoms with van der Waals surface area (Å²) < 4.78 is 5.17. The predicted octanol–water partition coefficient (Wildman–Crippen LogP) is 3.04. The SMILES string of the molecule is CC(C)(CC(=O)O)CC(=O)Nc1ccccc1C(=O)NCc1ccco1. The van der Waals surface area contributed by atoms with Crippen molar-refractivity contribution in [2.24, 2.45) is 5.41 Å². The van der Waals surface area contributed by atoms with Gasteiger partial charge < -0.3 is 20.2 Å². The van der Waals surface area contributed by atoms with Crippen molar-refractivity contribution in [2.75, 3.05) is 5.32 Å². The van der Waals surface area contributed by atoms with Crippen molar-refractivity contribution in [3.63, 3.8) is 0 Å². The first-order valence-corrected chi connectivity index (χ1v) is 8.18. The van der Waals surface area contributed by atoms with Gasteiger partial charge in [0.15, 0.2) is 0 Å². The number of carboxylic acid groups (broad SMARTS) is 1. The normalized spacial score (nSPS) is 11.0. The van der Waals surface area contributed by atoms with E-state index in [1.54, 1.807) is 50.2 Å². The Labute approximate surface area is 151 Å². The molecule has 2 aromatic rings. The molecule has 0 saturated carbocycles. The van der Waals surface area contributed by atoms with E-state index < -0.39 is 11.4 Å². The van der Waals surface area contributed by atoms with Crippen LogP contribution in [-0.2, 0) is 16.1 Å². The Kier molecular flexibility index (Phi) is 6.16. The monoisotopic (exact) mass is 358 g/mol. The number of carboxylic acids is 1. The Hall–Kier alpha value is -3.09. The number of benzene rings is 1. The number of amides is 2. The van der Waals surface area contributed by atoms with Crippen LogP contribution in [0.4, 0.5) is 5.69 Å². The smallest absolute Gasteiger partial charge is 0.303 e. The van der Waals surface area contributed by atoms with E-state index >= 15 is 0 Å². The van der Waals surface area contributed by atoms with E-state index in [1.165, 1.54) is 6.26 Å². The number of hydrogen-bond acceptors (Lipinski definition) is 4. The number of rotatable bonds is 8. The molecule has 7 nitrogen and oxygen atoms in total. The third-order valence-corrected chi connectivity index (χ3v) is 3.72. The molecule has 0 atom stereocenters. The molecule has 26 heavy (non-hydrogen) atoms. The van der Waals surface area contributed by atoms with E-state index in [0.717, 1.165) is 0 Å². The zero-order valence-corrected chi connectivity index (χ0v) is 14.7. The van der Waals surface area contributed by atoms with Crippen molar-refractivity contribution in [3.05, 3.63) is 54.0 Å². The Morgan fingerprint density at radius 3 is 2.46 bits per heavy atom. The van der Waals surface area contributed by atoms with Crippen molar-refractivity contribution in [2.45, 2.75) is 33.2 Å². The standard InChI is InChI=1S/C19H22N2O5/c1-19(2,11-17(23)24)10-16(22)21-15-8-4-3-7-14(15)18(25)20-12-13-6-5-9-26-13/h3-9H,10-12H2,1-2H3,(H,20,25)(H,21,22)(H,23,24). The number of hydrogen-bond donors (Lipinski definition) is 3. The molecule has 1 aromatic carbocycles. The lowest BCUT2D eigenvalue weighted by atomic mass is 9.85. The molecule has 1 aromatic heterocycles. The largest absolute Gasteiger partial charge is 0.481 e. The second-order valence-corrected chi connectivity index (χ2v) is 6.77. The van der Waals surface area contributed by atoms with Gasteiger partial charge in [0, 0.05) is 6.42 Å². The van der Waals surface area contributed by atoms with Crippen molar-refractivity contribution in [1.29, 1.82) is 0 Å². The van der Waals surface area contributed by atoms with Crippen LogP contribution in [0.3, 0.4) is 0 Å². The van der Waals surface area contributed by atoms with E-state index in [-0.39, 0.29) is 31.2 Å². The number of furan rings is 1. The maximum Gasteiger partial charge on any atom is 0.303 e. The first kappa shape index (κ1) is 19.2.